The Kier molecular flexibility index (Phi) is 4.26. The molecule has 0 spiro atoms. The van der Waals surface area contributed by atoms with E-state index in [0.29, 0.717) is 5.92 Å². The van der Waals surface area contributed by atoms with Crippen LogP contribution in [0.1, 0.15) is 45.2 Å². The summed E-state index contributed by atoms with van der Waals surface area (Å²) in [6.45, 7) is 10.0. The number of hydrogen-bond acceptors (Lipinski definition) is 5. The van der Waals surface area contributed by atoms with Crippen molar-refractivity contribution in [3.63, 3.8) is 0 Å². The minimum absolute atomic E-state index is 0.298. The van der Waals surface area contributed by atoms with Crippen LogP contribution in [-0.2, 0) is 0 Å². The van der Waals surface area contributed by atoms with Crippen LogP contribution in [0.3, 0.4) is 0 Å². The van der Waals surface area contributed by atoms with Gasteiger partial charge in [-0.3, -0.25) is 0 Å². The van der Waals surface area contributed by atoms with E-state index in [1.54, 1.807) is 0 Å². The lowest BCUT2D eigenvalue weighted by atomic mass is 9.81. The smallest absolute Gasteiger partial charge is 0.227 e. The van der Waals surface area contributed by atoms with Crippen molar-refractivity contribution < 1.29 is 5.11 Å². The topological polar surface area (TPSA) is 52.5 Å². The lowest BCUT2D eigenvalue weighted by Crippen LogP contribution is -2.50. The number of rotatable bonds is 3. The third-order valence-corrected chi connectivity index (χ3v) is 5.24. The number of hydrogen-bond donors (Lipinski definition) is 1. The van der Waals surface area contributed by atoms with Crippen LogP contribution >= 0.6 is 0 Å². The number of aryl methyl sites for hydroxylation is 1. The van der Waals surface area contributed by atoms with Gasteiger partial charge in [-0.1, -0.05) is 6.92 Å². The molecular weight excluding hydrogens is 276 g/mol. The molecule has 3 rings (SSSR count). The molecule has 1 aromatic rings. The van der Waals surface area contributed by atoms with Crippen LogP contribution in [0.25, 0.3) is 0 Å². The molecule has 0 aromatic carbocycles. The minimum atomic E-state index is -0.550. The fraction of sp³-hybridized carbons (Fsp3) is 0.765. The molecule has 0 amide bonds. The minimum Gasteiger partial charge on any atom is -0.390 e. The highest BCUT2D eigenvalue weighted by molar-refractivity contribution is 5.47. The summed E-state index contributed by atoms with van der Waals surface area (Å²) in [5.41, 5.74) is 0.475. The maximum Gasteiger partial charge on any atom is 0.227 e. The van der Waals surface area contributed by atoms with Crippen LogP contribution in [0.5, 0.6) is 0 Å². The number of aliphatic hydroxyl groups is 1. The Hall–Kier alpha value is -1.36. The quantitative estimate of drug-likeness (QED) is 0.929. The lowest BCUT2D eigenvalue weighted by molar-refractivity contribution is -0.0183. The molecular formula is C17H28N4O. The highest BCUT2D eigenvalue weighted by Crippen LogP contribution is 2.32. The van der Waals surface area contributed by atoms with E-state index in [1.165, 1.54) is 12.8 Å². The maximum atomic E-state index is 10.5. The number of aromatic nitrogens is 2. The second-order valence-corrected chi connectivity index (χ2v) is 7.02. The van der Waals surface area contributed by atoms with Crippen LogP contribution in [0.15, 0.2) is 6.07 Å². The predicted octanol–water partition coefficient (Wildman–Crippen LogP) is 2.37. The van der Waals surface area contributed by atoms with Crippen LogP contribution < -0.4 is 9.80 Å². The Morgan fingerprint density at radius 3 is 2.64 bits per heavy atom. The summed E-state index contributed by atoms with van der Waals surface area (Å²) in [6, 6.07) is 2.08. The Bertz CT molecular complexity index is 525. The van der Waals surface area contributed by atoms with Gasteiger partial charge in [0.25, 0.3) is 0 Å². The molecule has 0 unspecified atom stereocenters. The van der Waals surface area contributed by atoms with E-state index in [-0.39, 0.29) is 0 Å². The first-order valence-electron chi connectivity index (χ1n) is 8.57. The van der Waals surface area contributed by atoms with E-state index >= 15 is 0 Å². The van der Waals surface area contributed by atoms with Gasteiger partial charge in [-0.2, -0.15) is 4.98 Å². The molecule has 2 aliphatic rings. The van der Waals surface area contributed by atoms with Crippen molar-refractivity contribution in [1.29, 1.82) is 0 Å². The molecule has 2 fully saturated rings. The molecule has 2 aliphatic heterocycles. The van der Waals surface area contributed by atoms with E-state index in [9.17, 15) is 5.11 Å². The number of piperidine rings is 1. The molecule has 122 valence electrons. The first-order chi connectivity index (χ1) is 10.5. The maximum absolute atomic E-state index is 10.5. The summed E-state index contributed by atoms with van der Waals surface area (Å²) in [5, 5.41) is 10.5. The molecule has 0 aliphatic carbocycles. The van der Waals surface area contributed by atoms with Gasteiger partial charge in [0.05, 0.1) is 5.60 Å². The molecule has 2 saturated heterocycles. The molecule has 2 atom stereocenters. The fourth-order valence-corrected chi connectivity index (χ4v) is 3.65. The lowest BCUT2D eigenvalue weighted by Gasteiger charge is -2.43. The second kappa shape index (κ2) is 6.03. The van der Waals surface area contributed by atoms with E-state index in [2.05, 4.69) is 27.8 Å². The first-order valence-corrected chi connectivity index (χ1v) is 8.57. The molecule has 1 N–H and O–H groups in total. The molecule has 5 nitrogen and oxygen atoms in total. The van der Waals surface area contributed by atoms with Crippen molar-refractivity contribution in [2.24, 2.45) is 5.92 Å². The average molecular weight is 304 g/mol. The SMILES string of the molecule is CC[C@H]1CN(c2cc(C)nc(N3CCCC3)n2)CC[C@@]1(C)O. The summed E-state index contributed by atoms with van der Waals surface area (Å²) in [6.07, 6.45) is 4.26. The van der Waals surface area contributed by atoms with Gasteiger partial charge < -0.3 is 14.9 Å². The standard InChI is InChI=1S/C17H28N4O/c1-4-14-12-21(10-7-17(14,3)22)15-11-13(2)18-16(19-15)20-8-5-6-9-20/h11,14,22H,4-10,12H2,1-3H3/t14-,17+/m0/s1. The zero-order chi connectivity index (χ0) is 15.7. The monoisotopic (exact) mass is 304 g/mol. The third kappa shape index (κ3) is 3.05. The van der Waals surface area contributed by atoms with Gasteiger partial charge in [0, 0.05) is 43.9 Å². The molecule has 0 bridgehead atoms. The van der Waals surface area contributed by atoms with Gasteiger partial charge >= 0.3 is 0 Å². The van der Waals surface area contributed by atoms with Gasteiger partial charge in [-0.15, -0.1) is 0 Å². The molecule has 3 heterocycles. The van der Waals surface area contributed by atoms with E-state index in [1.807, 2.05) is 13.8 Å². The van der Waals surface area contributed by atoms with Crippen molar-refractivity contribution >= 4 is 11.8 Å². The van der Waals surface area contributed by atoms with Gasteiger partial charge in [0.15, 0.2) is 0 Å². The summed E-state index contributed by atoms with van der Waals surface area (Å²) in [7, 11) is 0. The van der Waals surface area contributed by atoms with Crippen LogP contribution in [0.2, 0.25) is 0 Å². The highest BCUT2D eigenvalue weighted by atomic mass is 16.3. The Morgan fingerprint density at radius 2 is 1.95 bits per heavy atom. The molecule has 5 heteroatoms. The first kappa shape index (κ1) is 15.5. The zero-order valence-electron chi connectivity index (χ0n) is 14.0. The zero-order valence-corrected chi connectivity index (χ0v) is 14.0. The van der Waals surface area contributed by atoms with Crippen molar-refractivity contribution in [3.05, 3.63) is 11.8 Å². The Morgan fingerprint density at radius 1 is 1.23 bits per heavy atom. The van der Waals surface area contributed by atoms with Crippen molar-refractivity contribution in [3.8, 4) is 0 Å². The number of nitrogens with zero attached hydrogens (tertiary/aromatic N) is 4. The fourth-order valence-electron chi connectivity index (χ4n) is 3.65. The summed E-state index contributed by atoms with van der Waals surface area (Å²) >= 11 is 0. The van der Waals surface area contributed by atoms with Gasteiger partial charge in [0.2, 0.25) is 5.95 Å². The van der Waals surface area contributed by atoms with Crippen molar-refractivity contribution in [1.82, 2.24) is 9.97 Å². The summed E-state index contributed by atoms with van der Waals surface area (Å²) in [5.74, 6) is 2.19. The molecule has 0 radical (unpaired) electrons. The Labute approximate surface area is 133 Å². The van der Waals surface area contributed by atoms with Crippen molar-refractivity contribution in [2.75, 3.05) is 36.0 Å². The molecule has 0 saturated carbocycles. The largest absolute Gasteiger partial charge is 0.390 e. The third-order valence-electron chi connectivity index (χ3n) is 5.24. The molecule has 22 heavy (non-hydrogen) atoms. The van der Waals surface area contributed by atoms with E-state index in [0.717, 1.165) is 56.5 Å². The number of anilines is 2. The van der Waals surface area contributed by atoms with Crippen LogP contribution in [-0.4, -0.2) is 46.9 Å². The van der Waals surface area contributed by atoms with Gasteiger partial charge in [-0.05, 0) is 39.5 Å². The van der Waals surface area contributed by atoms with Gasteiger partial charge in [0.1, 0.15) is 5.82 Å². The Balaban J connectivity index is 1.82. The van der Waals surface area contributed by atoms with Crippen LogP contribution in [0.4, 0.5) is 11.8 Å². The predicted molar refractivity (Wildman–Crippen MR) is 89.5 cm³/mol. The second-order valence-electron chi connectivity index (χ2n) is 7.02. The van der Waals surface area contributed by atoms with Gasteiger partial charge in [-0.25, -0.2) is 4.98 Å². The highest BCUT2D eigenvalue weighted by Gasteiger charge is 2.37. The van der Waals surface area contributed by atoms with E-state index < -0.39 is 5.60 Å². The van der Waals surface area contributed by atoms with Crippen LogP contribution in [0, 0.1) is 12.8 Å². The van der Waals surface area contributed by atoms with E-state index in [4.69, 9.17) is 4.98 Å². The average Bonchev–Trinajstić information content (AvgIpc) is 3.00. The summed E-state index contributed by atoms with van der Waals surface area (Å²) < 4.78 is 0. The van der Waals surface area contributed by atoms with Crippen molar-refractivity contribution in [2.45, 2.75) is 52.1 Å². The molecule has 1 aromatic heterocycles. The normalized spacial score (nSPS) is 29.2. The summed E-state index contributed by atoms with van der Waals surface area (Å²) in [4.78, 5) is 14.0.